The van der Waals surface area contributed by atoms with Crippen LogP contribution in [0.2, 0.25) is 0 Å². The number of amides is 1. The molecule has 182 valence electrons. The number of carbonyl (C=O) groups excluding carboxylic acids is 3. The van der Waals surface area contributed by atoms with Crippen molar-refractivity contribution in [3.05, 3.63) is 30.3 Å². The fourth-order valence-electron chi connectivity index (χ4n) is 4.31. The summed E-state index contributed by atoms with van der Waals surface area (Å²) in [7, 11) is -3.86. The number of benzene rings is 1. The van der Waals surface area contributed by atoms with Crippen molar-refractivity contribution < 1.29 is 32.3 Å². The van der Waals surface area contributed by atoms with Gasteiger partial charge in [0.1, 0.15) is 6.04 Å². The molecule has 10 heteroatoms. The first-order valence-electron chi connectivity index (χ1n) is 11.5. The normalized spacial score (nSPS) is 21.3. The lowest BCUT2D eigenvalue weighted by Gasteiger charge is -2.35. The molecule has 0 aliphatic carbocycles. The van der Waals surface area contributed by atoms with Gasteiger partial charge in [-0.2, -0.15) is 4.31 Å². The number of sulfonamides is 1. The molecule has 0 saturated carbocycles. The summed E-state index contributed by atoms with van der Waals surface area (Å²) in [5, 5.41) is 0. The molecule has 33 heavy (non-hydrogen) atoms. The van der Waals surface area contributed by atoms with E-state index in [9.17, 15) is 22.8 Å². The van der Waals surface area contributed by atoms with E-state index in [0.717, 1.165) is 0 Å². The average molecular weight is 481 g/mol. The van der Waals surface area contributed by atoms with E-state index in [-0.39, 0.29) is 29.2 Å². The van der Waals surface area contributed by atoms with Crippen LogP contribution < -0.4 is 0 Å². The molecule has 2 heterocycles. The van der Waals surface area contributed by atoms with Crippen LogP contribution in [0.25, 0.3) is 0 Å². The van der Waals surface area contributed by atoms with Crippen molar-refractivity contribution in [3.63, 3.8) is 0 Å². The molecule has 0 N–H and O–H groups in total. The Labute approximate surface area is 195 Å². The maximum atomic E-state index is 13.1. The van der Waals surface area contributed by atoms with Gasteiger partial charge in [-0.05, 0) is 58.1 Å². The van der Waals surface area contributed by atoms with Gasteiger partial charge in [-0.3, -0.25) is 14.4 Å². The molecule has 9 nitrogen and oxygen atoms in total. The van der Waals surface area contributed by atoms with Gasteiger partial charge in [0.25, 0.3) is 5.91 Å². The summed E-state index contributed by atoms with van der Waals surface area (Å²) in [6.07, 6.45) is 1.65. The van der Waals surface area contributed by atoms with Gasteiger partial charge in [-0.1, -0.05) is 18.2 Å². The Morgan fingerprint density at radius 1 is 1.00 bits per heavy atom. The SMILES string of the molecule is CCOC(=O)C1CCN(C(=O)[C@@H](C)OC(=O)[C@@H]2CCCCN2S(=O)(=O)c2ccccc2)CC1. The summed E-state index contributed by atoms with van der Waals surface area (Å²) in [5.74, 6) is -1.54. The molecule has 0 spiro atoms. The molecule has 2 aliphatic heterocycles. The number of piperidine rings is 2. The molecule has 0 unspecified atom stereocenters. The third-order valence-corrected chi connectivity index (χ3v) is 8.07. The molecule has 1 amide bonds. The fourth-order valence-corrected chi connectivity index (χ4v) is 5.98. The topological polar surface area (TPSA) is 110 Å². The summed E-state index contributed by atoms with van der Waals surface area (Å²) < 4.78 is 37.9. The van der Waals surface area contributed by atoms with Gasteiger partial charge in [-0.25, -0.2) is 8.42 Å². The summed E-state index contributed by atoms with van der Waals surface area (Å²) in [5.41, 5.74) is 0. The van der Waals surface area contributed by atoms with Gasteiger partial charge < -0.3 is 14.4 Å². The van der Waals surface area contributed by atoms with Crippen LogP contribution >= 0.6 is 0 Å². The lowest BCUT2D eigenvalue weighted by atomic mass is 9.96. The number of rotatable bonds is 7. The Morgan fingerprint density at radius 3 is 2.30 bits per heavy atom. The highest BCUT2D eigenvalue weighted by Gasteiger charge is 2.40. The van der Waals surface area contributed by atoms with Gasteiger partial charge in [0.15, 0.2) is 6.10 Å². The van der Waals surface area contributed by atoms with Crippen molar-refractivity contribution in [3.8, 4) is 0 Å². The standard InChI is InChI=1S/C23H32N2O7S/c1-3-31-22(27)18-12-15-24(16-13-18)21(26)17(2)32-23(28)20-11-7-8-14-25(20)33(29,30)19-9-5-4-6-10-19/h4-6,9-10,17-18,20H,3,7-8,11-16H2,1-2H3/t17-,20+/m1/s1. The van der Waals surface area contributed by atoms with Crippen molar-refractivity contribution in [2.45, 2.75) is 63.0 Å². The fraction of sp³-hybridized carbons (Fsp3) is 0.609. The molecule has 0 bridgehead atoms. The summed E-state index contributed by atoms with van der Waals surface area (Å²) in [4.78, 5) is 39.4. The van der Waals surface area contributed by atoms with Crippen LogP contribution in [0, 0.1) is 5.92 Å². The van der Waals surface area contributed by atoms with E-state index in [1.807, 2.05) is 0 Å². The van der Waals surface area contributed by atoms with Crippen LogP contribution in [-0.4, -0.2) is 73.9 Å². The molecule has 2 saturated heterocycles. The number of likely N-dealkylation sites (tertiary alicyclic amines) is 1. The molecular formula is C23H32N2O7S. The second kappa shape index (κ2) is 11.1. The van der Waals surface area contributed by atoms with Crippen LogP contribution in [0.5, 0.6) is 0 Å². The third-order valence-electron chi connectivity index (χ3n) is 6.14. The van der Waals surface area contributed by atoms with Gasteiger partial charge in [0.2, 0.25) is 10.0 Å². The molecule has 3 rings (SSSR count). The highest BCUT2D eigenvalue weighted by atomic mass is 32.2. The third kappa shape index (κ3) is 5.92. The van der Waals surface area contributed by atoms with Crippen molar-refractivity contribution in [2.24, 2.45) is 5.92 Å². The molecule has 2 atom stereocenters. The maximum Gasteiger partial charge on any atom is 0.325 e. The smallest absolute Gasteiger partial charge is 0.325 e. The molecule has 1 aromatic rings. The number of esters is 2. The first-order valence-corrected chi connectivity index (χ1v) is 12.9. The highest BCUT2D eigenvalue weighted by molar-refractivity contribution is 7.89. The first-order chi connectivity index (χ1) is 15.8. The lowest BCUT2D eigenvalue weighted by molar-refractivity contribution is -0.164. The van der Waals surface area contributed by atoms with Crippen LogP contribution in [0.1, 0.15) is 46.0 Å². The van der Waals surface area contributed by atoms with Gasteiger partial charge in [-0.15, -0.1) is 0 Å². The van der Waals surface area contributed by atoms with Crippen molar-refractivity contribution >= 4 is 27.9 Å². The van der Waals surface area contributed by atoms with Crippen LogP contribution in [0.3, 0.4) is 0 Å². The van der Waals surface area contributed by atoms with E-state index in [0.29, 0.717) is 51.8 Å². The largest absolute Gasteiger partial charge is 0.466 e. The Balaban J connectivity index is 1.61. The van der Waals surface area contributed by atoms with Gasteiger partial charge in [0, 0.05) is 19.6 Å². The summed E-state index contributed by atoms with van der Waals surface area (Å²) in [6.45, 7) is 4.55. The van der Waals surface area contributed by atoms with E-state index >= 15 is 0 Å². The monoisotopic (exact) mass is 480 g/mol. The highest BCUT2D eigenvalue weighted by Crippen LogP contribution is 2.27. The number of nitrogens with zero attached hydrogens (tertiary/aromatic N) is 2. The Bertz CT molecular complexity index is 943. The van der Waals surface area contributed by atoms with E-state index in [2.05, 4.69) is 0 Å². The van der Waals surface area contributed by atoms with Crippen LogP contribution in [0.4, 0.5) is 0 Å². The Kier molecular flexibility index (Phi) is 8.47. The molecule has 1 aromatic carbocycles. The van der Waals surface area contributed by atoms with Crippen molar-refractivity contribution in [1.29, 1.82) is 0 Å². The quantitative estimate of drug-likeness (QED) is 0.549. The van der Waals surface area contributed by atoms with Crippen molar-refractivity contribution in [1.82, 2.24) is 9.21 Å². The predicted molar refractivity (Wildman–Crippen MR) is 119 cm³/mol. The minimum Gasteiger partial charge on any atom is -0.466 e. The second-order valence-corrected chi connectivity index (χ2v) is 10.3. The number of hydrogen-bond donors (Lipinski definition) is 0. The summed E-state index contributed by atoms with van der Waals surface area (Å²) >= 11 is 0. The zero-order valence-corrected chi connectivity index (χ0v) is 20.0. The predicted octanol–water partition coefficient (Wildman–Crippen LogP) is 1.96. The van der Waals surface area contributed by atoms with E-state index < -0.39 is 28.1 Å². The van der Waals surface area contributed by atoms with Crippen LogP contribution in [0.15, 0.2) is 35.2 Å². The Morgan fingerprint density at radius 2 is 1.67 bits per heavy atom. The van der Waals surface area contributed by atoms with Crippen molar-refractivity contribution in [2.75, 3.05) is 26.2 Å². The molecule has 2 aliphatic rings. The lowest BCUT2D eigenvalue weighted by Crippen LogP contribution is -2.51. The zero-order valence-electron chi connectivity index (χ0n) is 19.1. The molecular weight excluding hydrogens is 448 g/mol. The van der Waals surface area contributed by atoms with Gasteiger partial charge in [0.05, 0.1) is 17.4 Å². The molecule has 0 aromatic heterocycles. The summed E-state index contributed by atoms with van der Waals surface area (Å²) in [6, 6.07) is 7.03. The minimum atomic E-state index is -3.86. The maximum absolute atomic E-state index is 13.1. The van der Waals surface area contributed by atoms with Gasteiger partial charge >= 0.3 is 11.9 Å². The average Bonchev–Trinajstić information content (AvgIpc) is 2.84. The number of hydrogen-bond acceptors (Lipinski definition) is 7. The number of carbonyl (C=O) groups is 3. The molecule has 0 radical (unpaired) electrons. The van der Waals surface area contributed by atoms with E-state index in [4.69, 9.17) is 9.47 Å². The number of ether oxygens (including phenoxy) is 2. The van der Waals surface area contributed by atoms with E-state index in [1.54, 1.807) is 30.0 Å². The zero-order chi connectivity index (χ0) is 24.0. The van der Waals surface area contributed by atoms with E-state index in [1.165, 1.54) is 23.4 Å². The van der Waals surface area contributed by atoms with Crippen LogP contribution in [-0.2, 0) is 33.9 Å². The second-order valence-electron chi connectivity index (χ2n) is 8.37. The minimum absolute atomic E-state index is 0.123. The first kappa shape index (κ1) is 25.2. The Hall–Kier alpha value is -2.46. The molecule has 2 fully saturated rings.